The van der Waals surface area contributed by atoms with Crippen LogP contribution in [0.1, 0.15) is 52.7 Å². The van der Waals surface area contributed by atoms with Gasteiger partial charge in [-0.25, -0.2) is 0 Å². The summed E-state index contributed by atoms with van der Waals surface area (Å²) in [5.74, 6) is 0.967. The number of hydrogen-bond donors (Lipinski definition) is 2. The van der Waals surface area contributed by atoms with Gasteiger partial charge in [-0.15, -0.1) is 0 Å². The molecular formula is C22H24N4O. The van der Waals surface area contributed by atoms with Crippen molar-refractivity contribution in [1.29, 1.82) is 0 Å². The Hall–Kier alpha value is -2.82. The van der Waals surface area contributed by atoms with Crippen LogP contribution < -0.4 is 5.32 Å². The third-order valence-electron chi connectivity index (χ3n) is 5.96. The normalized spacial score (nSPS) is 16.9. The number of carbonyl (C=O) groups excluding carboxylic acids is 1. The first kappa shape index (κ1) is 16.4. The SMILES string of the molecule is Cc1cc2[nH]nc(NC3CCCC3)c2cc1C(=O)N1Cc2ccccc2C1. The third-order valence-corrected chi connectivity index (χ3v) is 5.96. The molecule has 1 aliphatic carbocycles. The quantitative estimate of drug-likeness (QED) is 0.728. The highest BCUT2D eigenvalue weighted by atomic mass is 16.2. The number of amides is 1. The Kier molecular flexibility index (Phi) is 3.88. The monoisotopic (exact) mass is 360 g/mol. The van der Waals surface area contributed by atoms with Crippen LogP contribution in [0.3, 0.4) is 0 Å². The van der Waals surface area contributed by atoms with Crippen LogP contribution in [0.5, 0.6) is 0 Å². The second-order valence-electron chi connectivity index (χ2n) is 7.84. The fourth-order valence-electron chi connectivity index (χ4n) is 4.42. The highest BCUT2D eigenvalue weighted by molar-refractivity contribution is 6.02. The Morgan fingerprint density at radius 2 is 1.85 bits per heavy atom. The van der Waals surface area contributed by atoms with Crippen LogP contribution in [-0.2, 0) is 13.1 Å². The number of H-pyrrole nitrogens is 1. The number of nitrogens with zero attached hydrogens (tertiary/aromatic N) is 2. The molecule has 138 valence electrons. The summed E-state index contributed by atoms with van der Waals surface area (Å²) in [4.78, 5) is 15.2. The van der Waals surface area contributed by atoms with Gasteiger partial charge in [0, 0.05) is 30.1 Å². The minimum atomic E-state index is 0.0959. The van der Waals surface area contributed by atoms with Crippen molar-refractivity contribution < 1.29 is 4.79 Å². The number of fused-ring (bicyclic) bond motifs is 2. The molecule has 1 fully saturated rings. The van der Waals surface area contributed by atoms with Gasteiger partial charge in [-0.05, 0) is 48.6 Å². The Balaban J connectivity index is 1.46. The van der Waals surface area contributed by atoms with Gasteiger partial charge >= 0.3 is 0 Å². The number of aryl methyl sites for hydroxylation is 1. The maximum atomic E-state index is 13.2. The van der Waals surface area contributed by atoms with Gasteiger partial charge in [0.25, 0.3) is 5.91 Å². The molecule has 1 aromatic heterocycles. The van der Waals surface area contributed by atoms with E-state index in [9.17, 15) is 4.79 Å². The maximum Gasteiger partial charge on any atom is 0.254 e. The van der Waals surface area contributed by atoms with Crippen molar-refractivity contribution in [1.82, 2.24) is 15.1 Å². The summed E-state index contributed by atoms with van der Waals surface area (Å²) in [5, 5.41) is 12.2. The minimum absolute atomic E-state index is 0.0959. The lowest BCUT2D eigenvalue weighted by atomic mass is 10.0. The number of nitrogens with one attached hydrogen (secondary N) is 2. The number of aromatic amines is 1. The average molecular weight is 360 g/mol. The molecule has 0 unspecified atom stereocenters. The molecule has 0 atom stereocenters. The number of benzene rings is 2. The van der Waals surface area contributed by atoms with E-state index in [-0.39, 0.29) is 5.91 Å². The summed E-state index contributed by atoms with van der Waals surface area (Å²) >= 11 is 0. The molecule has 0 spiro atoms. The highest BCUT2D eigenvalue weighted by Gasteiger charge is 2.26. The van der Waals surface area contributed by atoms with Gasteiger partial charge in [0.15, 0.2) is 5.82 Å². The van der Waals surface area contributed by atoms with E-state index in [1.807, 2.05) is 36.1 Å². The van der Waals surface area contributed by atoms with Crippen molar-refractivity contribution in [3.05, 3.63) is 58.7 Å². The molecule has 0 radical (unpaired) electrons. The van der Waals surface area contributed by atoms with Crippen LogP contribution in [0.2, 0.25) is 0 Å². The lowest BCUT2D eigenvalue weighted by Crippen LogP contribution is -2.26. The first-order valence-corrected chi connectivity index (χ1v) is 9.80. The van der Waals surface area contributed by atoms with Gasteiger partial charge in [0.2, 0.25) is 0 Å². The summed E-state index contributed by atoms with van der Waals surface area (Å²) in [7, 11) is 0. The van der Waals surface area contributed by atoms with E-state index in [1.165, 1.54) is 36.8 Å². The minimum Gasteiger partial charge on any atom is -0.365 e. The largest absolute Gasteiger partial charge is 0.365 e. The molecule has 5 rings (SSSR count). The molecule has 5 nitrogen and oxygen atoms in total. The standard InChI is InChI=1S/C22H24N4O/c1-14-10-20-19(21(25-24-20)23-17-8-4-5-9-17)11-18(14)22(27)26-12-15-6-2-3-7-16(15)13-26/h2-3,6-7,10-11,17H,4-5,8-9,12-13H2,1H3,(H2,23,24,25). The van der Waals surface area contributed by atoms with Gasteiger partial charge in [-0.3, -0.25) is 9.89 Å². The molecule has 2 N–H and O–H groups in total. The molecule has 2 aromatic carbocycles. The van der Waals surface area contributed by atoms with Gasteiger partial charge in [-0.1, -0.05) is 37.1 Å². The van der Waals surface area contributed by atoms with E-state index in [0.29, 0.717) is 19.1 Å². The summed E-state index contributed by atoms with van der Waals surface area (Å²) in [6.45, 7) is 3.37. The third kappa shape index (κ3) is 2.87. The summed E-state index contributed by atoms with van der Waals surface area (Å²) in [6.07, 6.45) is 4.94. The van der Waals surface area contributed by atoms with Crippen LogP contribution in [0.15, 0.2) is 36.4 Å². The number of rotatable bonds is 3. The second kappa shape index (κ2) is 6.41. The lowest BCUT2D eigenvalue weighted by Gasteiger charge is -2.17. The Bertz CT molecular complexity index is 991. The molecule has 0 bridgehead atoms. The van der Waals surface area contributed by atoms with Crippen molar-refractivity contribution in [3.63, 3.8) is 0 Å². The van der Waals surface area contributed by atoms with E-state index in [2.05, 4.69) is 27.6 Å². The Labute approximate surface area is 158 Å². The van der Waals surface area contributed by atoms with Gasteiger partial charge in [-0.2, -0.15) is 5.10 Å². The summed E-state index contributed by atoms with van der Waals surface area (Å²) < 4.78 is 0. The van der Waals surface area contributed by atoms with Crippen LogP contribution in [0, 0.1) is 6.92 Å². The Morgan fingerprint density at radius 1 is 1.15 bits per heavy atom. The molecule has 1 saturated carbocycles. The number of hydrogen-bond acceptors (Lipinski definition) is 3. The lowest BCUT2D eigenvalue weighted by molar-refractivity contribution is 0.0751. The van der Waals surface area contributed by atoms with Crippen molar-refractivity contribution >= 4 is 22.6 Å². The summed E-state index contributed by atoms with van der Waals surface area (Å²) in [6, 6.07) is 12.8. The maximum absolute atomic E-state index is 13.2. The zero-order chi connectivity index (χ0) is 18.4. The van der Waals surface area contributed by atoms with Gasteiger partial charge in [0.1, 0.15) is 0 Å². The van der Waals surface area contributed by atoms with Crippen molar-refractivity contribution in [2.75, 3.05) is 5.32 Å². The molecule has 2 aliphatic rings. The molecule has 0 saturated heterocycles. The topological polar surface area (TPSA) is 61.0 Å². The molecule has 5 heteroatoms. The number of aromatic nitrogens is 2. The first-order valence-electron chi connectivity index (χ1n) is 9.80. The zero-order valence-electron chi connectivity index (χ0n) is 15.6. The molecule has 3 aromatic rings. The van der Waals surface area contributed by atoms with E-state index in [4.69, 9.17) is 0 Å². The predicted octanol–water partition coefficient (Wildman–Crippen LogP) is 4.38. The first-order chi connectivity index (χ1) is 13.2. The number of anilines is 1. The van der Waals surface area contributed by atoms with Gasteiger partial charge in [0.05, 0.1) is 5.52 Å². The fourth-order valence-corrected chi connectivity index (χ4v) is 4.42. The van der Waals surface area contributed by atoms with Crippen LogP contribution in [-0.4, -0.2) is 27.0 Å². The molecular weight excluding hydrogens is 336 g/mol. The van der Waals surface area contributed by atoms with E-state index < -0.39 is 0 Å². The second-order valence-corrected chi connectivity index (χ2v) is 7.84. The molecule has 1 amide bonds. The van der Waals surface area contributed by atoms with Crippen molar-refractivity contribution in [2.45, 2.75) is 51.7 Å². The van der Waals surface area contributed by atoms with Crippen LogP contribution in [0.4, 0.5) is 5.82 Å². The van der Waals surface area contributed by atoms with E-state index >= 15 is 0 Å². The summed E-state index contributed by atoms with van der Waals surface area (Å²) in [5.41, 5.74) is 5.23. The van der Waals surface area contributed by atoms with E-state index in [0.717, 1.165) is 27.8 Å². The molecule has 27 heavy (non-hydrogen) atoms. The Morgan fingerprint density at radius 3 is 2.56 bits per heavy atom. The fraction of sp³-hybridized carbons (Fsp3) is 0.364. The predicted molar refractivity (Wildman–Crippen MR) is 107 cm³/mol. The average Bonchev–Trinajstić information content (AvgIpc) is 3.40. The number of carbonyl (C=O) groups is 1. The van der Waals surface area contributed by atoms with Crippen LogP contribution >= 0.6 is 0 Å². The van der Waals surface area contributed by atoms with E-state index in [1.54, 1.807) is 0 Å². The van der Waals surface area contributed by atoms with Gasteiger partial charge < -0.3 is 10.2 Å². The smallest absolute Gasteiger partial charge is 0.254 e. The van der Waals surface area contributed by atoms with Crippen LogP contribution in [0.25, 0.3) is 10.9 Å². The van der Waals surface area contributed by atoms with Crippen molar-refractivity contribution in [2.24, 2.45) is 0 Å². The molecule has 1 aliphatic heterocycles. The molecule has 2 heterocycles. The highest BCUT2D eigenvalue weighted by Crippen LogP contribution is 2.30. The van der Waals surface area contributed by atoms with Crippen molar-refractivity contribution in [3.8, 4) is 0 Å². The zero-order valence-corrected chi connectivity index (χ0v) is 15.6.